The molecule has 1 aliphatic carbocycles. The summed E-state index contributed by atoms with van der Waals surface area (Å²) in [7, 11) is 0. The Morgan fingerprint density at radius 2 is 1.95 bits per heavy atom. The minimum atomic E-state index is 0.155. The zero-order valence-corrected chi connectivity index (χ0v) is 12.9. The van der Waals surface area contributed by atoms with Crippen LogP contribution in [0.4, 0.5) is 0 Å². The van der Waals surface area contributed by atoms with Crippen molar-refractivity contribution < 1.29 is 9.53 Å². The fourth-order valence-electron chi connectivity index (χ4n) is 2.72. The number of carbonyl (C=O) groups excluding carboxylic acids is 1. The van der Waals surface area contributed by atoms with Gasteiger partial charge in [0.15, 0.2) is 0 Å². The van der Waals surface area contributed by atoms with Crippen molar-refractivity contribution in [1.29, 1.82) is 0 Å². The molecule has 1 aliphatic heterocycles. The largest absolute Gasteiger partial charge is 0.493 e. The average Bonchev–Trinajstić information content (AvgIpc) is 3.13. The van der Waals surface area contributed by atoms with E-state index in [1.54, 1.807) is 0 Å². The lowest BCUT2D eigenvalue weighted by Gasteiger charge is -2.17. The lowest BCUT2D eigenvalue weighted by molar-refractivity contribution is -0.121. The number of ether oxygens (including phenoxy) is 1. The number of amides is 1. The quantitative estimate of drug-likeness (QED) is 0.680. The van der Waals surface area contributed by atoms with Crippen LogP contribution < -0.4 is 20.9 Å². The summed E-state index contributed by atoms with van der Waals surface area (Å²) in [4.78, 5) is 12.0. The fourth-order valence-corrected chi connectivity index (χ4v) is 2.72. The highest BCUT2D eigenvalue weighted by Gasteiger charge is 2.43. The first-order valence-corrected chi connectivity index (χ1v) is 8.16. The number of rotatable bonds is 8. The van der Waals surface area contributed by atoms with Crippen LogP contribution in [-0.4, -0.2) is 32.1 Å². The van der Waals surface area contributed by atoms with Crippen molar-refractivity contribution in [3.05, 3.63) is 30.3 Å². The van der Waals surface area contributed by atoms with Gasteiger partial charge in [-0.15, -0.1) is 0 Å². The number of carbonyl (C=O) groups is 1. The Labute approximate surface area is 131 Å². The molecule has 2 fully saturated rings. The average molecular weight is 303 g/mol. The second kappa shape index (κ2) is 7.11. The standard InChI is InChI=1S/C17H25N3O2/c21-16(7-6-14-10-19-20-11-14)18-12-17(8-9-17)13-22-15-4-2-1-3-5-15/h1-5,14,19-20H,6-13H2,(H,18,21). The zero-order chi connectivity index (χ0) is 15.3. The van der Waals surface area contributed by atoms with E-state index in [9.17, 15) is 4.79 Å². The summed E-state index contributed by atoms with van der Waals surface area (Å²) in [5.74, 6) is 1.64. The monoisotopic (exact) mass is 303 g/mol. The Morgan fingerprint density at radius 1 is 1.23 bits per heavy atom. The highest BCUT2D eigenvalue weighted by atomic mass is 16.5. The molecule has 2 aliphatic rings. The summed E-state index contributed by atoms with van der Waals surface area (Å²) in [6.07, 6.45) is 3.83. The van der Waals surface area contributed by atoms with Gasteiger partial charge < -0.3 is 10.1 Å². The number of hydrazine groups is 1. The van der Waals surface area contributed by atoms with Gasteiger partial charge in [-0.3, -0.25) is 15.6 Å². The predicted octanol–water partition coefficient (Wildman–Crippen LogP) is 1.47. The van der Waals surface area contributed by atoms with Gasteiger partial charge in [-0.2, -0.15) is 0 Å². The molecule has 3 N–H and O–H groups in total. The van der Waals surface area contributed by atoms with Gasteiger partial charge in [-0.1, -0.05) is 18.2 Å². The first-order chi connectivity index (χ1) is 10.8. The highest BCUT2D eigenvalue weighted by molar-refractivity contribution is 5.75. The van der Waals surface area contributed by atoms with Crippen molar-refractivity contribution in [3.63, 3.8) is 0 Å². The van der Waals surface area contributed by atoms with Crippen LogP contribution >= 0.6 is 0 Å². The number of hydrogen-bond acceptors (Lipinski definition) is 4. The first-order valence-electron chi connectivity index (χ1n) is 8.16. The van der Waals surface area contributed by atoms with Gasteiger partial charge in [0.05, 0.1) is 6.61 Å². The maximum absolute atomic E-state index is 12.0. The van der Waals surface area contributed by atoms with Crippen molar-refractivity contribution in [3.8, 4) is 5.75 Å². The SMILES string of the molecule is O=C(CCC1CNNC1)NCC1(COc2ccccc2)CC1. The number of nitrogens with one attached hydrogen (secondary N) is 3. The molecule has 1 saturated carbocycles. The van der Waals surface area contributed by atoms with Crippen LogP contribution in [0.1, 0.15) is 25.7 Å². The van der Waals surface area contributed by atoms with Gasteiger partial charge >= 0.3 is 0 Å². The smallest absolute Gasteiger partial charge is 0.220 e. The molecule has 5 nitrogen and oxygen atoms in total. The molecule has 3 rings (SSSR count). The molecule has 0 aromatic heterocycles. The molecule has 1 aromatic carbocycles. The Morgan fingerprint density at radius 3 is 2.64 bits per heavy atom. The molecule has 0 unspecified atom stereocenters. The van der Waals surface area contributed by atoms with Gasteiger partial charge in [0.25, 0.3) is 0 Å². The second-order valence-corrected chi connectivity index (χ2v) is 6.54. The second-order valence-electron chi connectivity index (χ2n) is 6.54. The molecular formula is C17H25N3O2. The molecule has 1 heterocycles. The Bertz CT molecular complexity index is 482. The molecule has 0 bridgehead atoms. The van der Waals surface area contributed by atoms with Crippen molar-refractivity contribution >= 4 is 5.91 Å². The van der Waals surface area contributed by atoms with Crippen LogP contribution in [0.15, 0.2) is 30.3 Å². The van der Waals surface area contributed by atoms with Crippen LogP contribution in [0.5, 0.6) is 5.75 Å². The van der Waals surface area contributed by atoms with Crippen molar-refractivity contribution in [2.75, 3.05) is 26.2 Å². The van der Waals surface area contributed by atoms with E-state index < -0.39 is 0 Å². The molecule has 1 amide bonds. The molecule has 5 heteroatoms. The molecule has 1 saturated heterocycles. The van der Waals surface area contributed by atoms with E-state index in [1.807, 2.05) is 30.3 Å². The maximum Gasteiger partial charge on any atom is 0.220 e. The number of hydrogen-bond donors (Lipinski definition) is 3. The maximum atomic E-state index is 12.0. The summed E-state index contributed by atoms with van der Waals surface area (Å²) >= 11 is 0. The predicted molar refractivity (Wildman–Crippen MR) is 85.3 cm³/mol. The molecular weight excluding hydrogens is 278 g/mol. The van der Waals surface area contributed by atoms with Gasteiger partial charge in [-0.25, -0.2) is 0 Å². The summed E-state index contributed by atoms with van der Waals surface area (Å²) in [6, 6.07) is 9.87. The summed E-state index contributed by atoms with van der Waals surface area (Å²) in [5.41, 5.74) is 6.35. The number of para-hydroxylation sites is 1. The van der Waals surface area contributed by atoms with E-state index in [-0.39, 0.29) is 11.3 Å². The zero-order valence-electron chi connectivity index (χ0n) is 12.9. The lowest BCUT2D eigenvalue weighted by atomic mass is 10.0. The van der Waals surface area contributed by atoms with E-state index in [0.717, 1.165) is 44.6 Å². The van der Waals surface area contributed by atoms with Gasteiger partial charge in [0.1, 0.15) is 5.75 Å². The fraction of sp³-hybridized carbons (Fsp3) is 0.588. The first kappa shape index (κ1) is 15.3. The van der Waals surface area contributed by atoms with Gasteiger partial charge in [-0.05, 0) is 37.3 Å². The Hall–Kier alpha value is -1.59. The van der Waals surface area contributed by atoms with E-state index in [0.29, 0.717) is 18.9 Å². The van der Waals surface area contributed by atoms with Crippen LogP contribution in [0.3, 0.4) is 0 Å². The molecule has 120 valence electrons. The molecule has 0 atom stereocenters. The van der Waals surface area contributed by atoms with E-state index >= 15 is 0 Å². The third kappa shape index (κ3) is 4.45. The van der Waals surface area contributed by atoms with Crippen molar-refractivity contribution in [1.82, 2.24) is 16.2 Å². The van der Waals surface area contributed by atoms with Crippen LogP contribution in [0, 0.1) is 11.3 Å². The van der Waals surface area contributed by atoms with Gasteiger partial charge in [0.2, 0.25) is 5.91 Å². The minimum absolute atomic E-state index is 0.155. The van der Waals surface area contributed by atoms with E-state index in [2.05, 4.69) is 16.2 Å². The molecule has 1 aromatic rings. The summed E-state index contributed by atoms with van der Waals surface area (Å²) in [5, 5.41) is 3.09. The lowest BCUT2D eigenvalue weighted by Crippen LogP contribution is -2.33. The third-order valence-corrected chi connectivity index (χ3v) is 4.59. The highest BCUT2D eigenvalue weighted by Crippen LogP contribution is 2.45. The van der Waals surface area contributed by atoms with Crippen LogP contribution in [-0.2, 0) is 4.79 Å². The third-order valence-electron chi connectivity index (χ3n) is 4.59. The van der Waals surface area contributed by atoms with Crippen LogP contribution in [0.2, 0.25) is 0 Å². The van der Waals surface area contributed by atoms with E-state index in [4.69, 9.17) is 4.74 Å². The molecule has 0 radical (unpaired) electrons. The Kier molecular flexibility index (Phi) is 4.95. The topological polar surface area (TPSA) is 62.4 Å². The molecule has 22 heavy (non-hydrogen) atoms. The van der Waals surface area contributed by atoms with Gasteiger partial charge in [0, 0.05) is 31.5 Å². The van der Waals surface area contributed by atoms with E-state index in [1.165, 1.54) is 0 Å². The Balaban J connectivity index is 1.34. The normalized spacial score (nSPS) is 19.8. The van der Waals surface area contributed by atoms with Crippen molar-refractivity contribution in [2.24, 2.45) is 11.3 Å². The molecule has 0 spiro atoms. The summed E-state index contributed by atoms with van der Waals surface area (Å²) in [6.45, 7) is 3.35. The van der Waals surface area contributed by atoms with Crippen molar-refractivity contribution in [2.45, 2.75) is 25.7 Å². The summed E-state index contributed by atoms with van der Waals surface area (Å²) < 4.78 is 5.84. The minimum Gasteiger partial charge on any atom is -0.493 e. The number of benzene rings is 1. The van der Waals surface area contributed by atoms with Crippen LogP contribution in [0.25, 0.3) is 0 Å².